The molecule has 0 saturated heterocycles. The van der Waals surface area contributed by atoms with E-state index in [2.05, 4.69) is 15.0 Å². The molecule has 1 aromatic carbocycles. The van der Waals surface area contributed by atoms with Gasteiger partial charge in [-0.2, -0.15) is 0 Å². The van der Waals surface area contributed by atoms with Crippen LogP contribution in [-0.4, -0.2) is 38.8 Å². The third-order valence-electron chi connectivity index (χ3n) is 3.61. The maximum absolute atomic E-state index is 12.5. The van der Waals surface area contributed by atoms with Crippen LogP contribution in [0.15, 0.2) is 48.7 Å². The first-order chi connectivity index (χ1) is 10.8. The molecule has 0 saturated carbocycles. The number of nitrogens with zero attached hydrogens (tertiary/aromatic N) is 3. The average molecular weight is 294 g/mol. The maximum Gasteiger partial charge on any atom is 0.253 e. The SMILES string of the molecule is CCN(CCc1nc2ncccc2[nH]1)C(=O)c1ccccc1. The second kappa shape index (κ2) is 6.39. The van der Waals surface area contributed by atoms with Crippen molar-refractivity contribution in [1.82, 2.24) is 19.9 Å². The van der Waals surface area contributed by atoms with Gasteiger partial charge in [-0.3, -0.25) is 4.79 Å². The molecule has 2 aromatic heterocycles. The summed E-state index contributed by atoms with van der Waals surface area (Å²) in [6, 6.07) is 13.2. The van der Waals surface area contributed by atoms with Gasteiger partial charge in [0.2, 0.25) is 0 Å². The van der Waals surface area contributed by atoms with Gasteiger partial charge < -0.3 is 9.88 Å². The molecule has 1 N–H and O–H groups in total. The topological polar surface area (TPSA) is 61.9 Å². The van der Waals surface area contributed by atoms with Gasteiger partial charge in [0.15, 0.2) is 5.65 Å². The van der Waals surface area contributed by atoms with Crippen LogP contribution in [0, 0.1) is 0 Å². The fourth-order valence-electron chi connectivity index (χ4n) is 2.42. The van der Waals surface area contributed by atoms with Crippen molar-refractivity contribution in [2.75, 3.05) is 13.1 Å². The number of benzene rings is 1. The molecule has 0 radical (unpaired) electrons. The third kappa shape index (κ3) is 2.98. The van der Waals surface area contributed by atoms with Gasteiger partial charge in [-0.05, 0) is 31.2 Å². The summed E-state index contributed by atoms with van der Waals surface area (Å²) in [5.41, 5.74) is 2.36. The number of likely N-dealkylation sites (N-methyl/N-ethyl adjacent to an activating group) is 1. The highest BCUT2D eigenvalue weighted by Crippen LogP contribution is 2.09. The molecule has 0 spiro atoms. The summed E-state index contributed by atoms with van der Waals surface area (Å²) < 4.78 is 0. The van der Waals surface area contributed by atoms with E-state index in [9.17, 15) is 4.79 Å². The van der Waals surface area contributed by atoms with Crippen LogP contribution in [0.5, 0.6) is 0 Å². The van der Waals surface area contributed by atoms with Crippen molar-refractivity contribution in [2.45, 2.75) is 13.3 Å². The summed E-state index contributed by atoms with van der Waals surface area (Å²) in [5, 5.41) is 0. The molecule has 3 aromatic rings. The predicted octanol–water partition coefficient (Wildman–Crippen LogP) is 2.66. The number of carbonyl (C=O) groups is 1. The zero-order valence-corrected chi connectivity index (χ0v) is 12.5. The van der Waals surface area contributed by atoms with Crippen LogP contribution in [-0.2, 0) is 6.42 Å². The van der Waals surface area contributed by atoms with E-state index in [1.54, 1.807) is 6.20 Å². The van der Waals surface area contributed by atoms with Gasteiger partial charge >= 0.3 is 0 Å². The Hall–Kier alpha value is -2.69. The second-order valence-electron chi connectivity index (χ2n) is 5.06. The molecule has 112 valence electrons. The molecular weight excluding hydrogens is 276 g/mol. The molecule has 22 heavy (non-hydrogen) atoms. The largest absolute Gasteiger partial charge is 0.341 e. The molecule has 5 nitrogen and oxygen atoms in total. The van der Waals surface area contributed by atoms with E-state index in [1.165, 1.54) is 0 Å². The third-order valence-corrected chi connectivity index (χ3v) is 3.61. The lowest BCUT2D eigenvalue weighted by Crippen LogP contribution is -2.32. The zero-order valence-electron chi connectivity index (χ0n) is 12.5. The van der Waals surface area contributed by atoms with Crippen molar-refractivity contribution in [2.24, 2.45) is 0 Å². The summed E-state index contributed by atoms with van der Waals surface area (Å²) in [7, 11) is 0. The second-order valence-corrected chi connectivity index (χ2v) is 5.06. The Morgan fingerprint density at radius 3 is 2.73 bits per heavy atom. The van der Waals surface area contributed by atoms with Gasteiger partial charge in [0.05, 0.1) is 5.52 Å². The fraction of sp³-hybridized carbons (Fsp3) is 0.235. The van der Waals surface area contributed by atoms with E-state index >= 15 is 0 Å². The minimum atomic E-state index is 0.0531. The van der Waals surface area contributed by atoms with Gasteiger partial charge in [-0.15, -0.1) is 0 Å². The minimum Gasteiger partial charge on any atom is -0.341 e. The number of aromatic nitrogens is 3. The van der Waals surface area contributed by atoms with Crippen LogP contribution in [0.2, 0.25) is 0 Å². The quantitative estimate of drug-likeness (QED) is 0.787. The molecular formula is C17H18N4O. The van der Waals surface area contributed by atoms with Crippen molar-refractivity contribution in [1.29, 1.82) is 0 Å². The monoisotopic (exact) mass is 294 g/mol. The number of rotatable bonds is 5. The van der Waals surface area contributed by atoms with Gasteiger partial charge in [-0.1, -0.05) is 18.2 Å². The van der Waals surface area contributed by atoms with Crippen LogP contribution in [0.3, 0.4) is 0 Å². The number of imidazole rings is 1. The molecule has 3 rings (SSSR count). The Bertz CT molecular complexity index is 733. The van der Waals surface area contributed by atoms with E-state index in [4.69, 9.17) is 0 Å². The Labute approximate surface area is 129 Å². The standard InChI is InChI=1S/C17H18N4O/c1-2-21(17(22)13-7-4-3-5-8-13)12-10-15-19-14-9-6-11-18-16(14)20-15/h3-9,11H,2,10,12H2,1H3,(H,18,19,20). The van der Waals surface area contributed by atoms with Crippen molar-refractivity contribution in [3.63, 3.8) is 0 Å². The van der Waals surface area contributed by atoms with E-state index in [1.807, 2.05) is 54.3 Å². The molecule has 0 bridgehead atoms. The molecule has 0 fully saturated rings. The Kier molecular flexibility index (Phi) is 4.14. The van der Waals surface area contributed by atoms with Gasteiger partial charge in [-0.25, -0.2) is 9.97 Å². The number of carbonyl (C=O) groups excluding carboxylic acids is 1. The molecule has 1 amide bonds. The molecule has 0 aliphatic heterocycles. The lowest BCUT2D eigenvalue weighted by atomic mass is 10.2. The number of aromatic amines is 1. The van der Waals surface area contributed by atoms with Crippen LogP contribution in [0.25, 0.3) is 11.2 Å². The average Bonchev–Trinajstić information content (AvgIpc) is 2.99. The molecule has 0 unspecified atom stereocenters. The number of fused-ring (bicyclic) bond motifs is 1. The first-order valence-corrected chi connectivity index (χ1v) is 7.42. The first-order valence-electron chi connectivity index (χ1n) is 7.42. The summed E-state index contributed by atoms with van der Waals surface area (Å²) in [6.07, 6.45) is 2.41. The molecule has 0 aliphatic carbocycles. The van der Waals surface area contributed by atoms with E-state index in [0.717, 1.165) is 22.6 Å². The normalized spacial score (nSPS) is 10.8. The van der Waals surface area contributed by atoms with Crippen LogP contribution < -0.4 is 0 Å². The highest BCUT2D eigenvalue weighted by atomic mass is 16.2. The maximum atomic E-state index is 12.5. The number of pyridine rings is 1. The number of amides is 1. The fourth-order valence-corrected chi connectivity index (χ4v) is 2.42. The minimum absolute atomic E-state index is 0.0531. The van der Waals surface area contributed by atoms with Crippen LogP contribution >= 0.6 is 0 Å². The smallest absolute Gasteiger partial charge is 0.253 e. The van der Waals surface area contributed by atoms with E-state index in [-0.39, 0.29) is 5.91 Å². The summed E-state index contributed by atoms with van der Waals surface area (Å²) in [5.74, 6) is 0.908. The molecule has 0 aliphatic rings. The van der Waals surface area contributed by atoms with E-state index < -0.39 is 0 Å². The summed E-state index contributed by atoms with van der Waals surface area (Å²) in [4.78, 5) is 26.2. The molecule has 0 atom stereocenters. The summed E-state index contributed by atoms with van der Waals surface area (Å²) in [6.45, 7) is 3.29. The highest BCUT2D eigenvalue weighted by molar-refractivity contribution is 5.94. The lowest BCUT2D eigenvalue weighted by molar-refractivity contribution is 0.0765. The lowest BCUT2D eigenvalue weighted by Gasteiger charge is -2.20. The Morgan fingerprint density at radius 1 is 1.18 bits per heavy atom. The van der Waals surface area contributed by atoms with E-state index in [0.29, 0.717) is 19.5 Å². The van der Waals surface area contributed by atoms with Crippen molar-refractivity contribution >= 4 is 17.1 Å². The van der Waals surface area contributed by atoms with Crippen molar-refractivity contribution in [3.8, 4) is 0 Å². The molecule has 2 heterocycles. The van der Waals surface area contributed by atoms with Gasteiger partial charge in [0.1, 0.15) is 5.82 Å². The van der Waals surface area contributed by atoms with Crippen LogP contribution in [0.1, 0.15) is 23.1 Å². The van der Waals surface area contributed by atoms with Crippen molar-refractivity contribution < 1.29 is 4.79 Å². The van der Waals surface area contributed by atoms with Gasteiger partial charge in [0, 0.05) is 31.3 Å². The first kappa shape index (κ1) is 14.3. The predicted molar refractivity (Wildman–Crippen MR) is 85.6 cm³/mol. The van der Waals surface area contributed by atoms with Crippen LogP contribution in [0.4, 0.5) is 0 Å². The summed E-state index contributed by atoms with van der Waals surface area (Å²) >= 11 is 0. The van der Waals surface area contributed by atoms with Gasteiger partial charge in [0.25, 0.3) is 5.91 Å². The number of H-pyrrole nitrogens is 1. The number of hydrogen-bond donors (Lipinski definition) is 1. The number of hydrogen-bond acceptors (Lipinski definition) is 3. The molecule has 5 heteroatoms. The zero-order chi connectivity index (χ0) is 15.4. The van der Waals surface area contributed by atoms with Crippen molar-refractivity contribution in [3.05, 3.63) is 60.0 Å². The Morgan fingerprint density at radius 2 is 2.00 bits per heavy atom. The number of nitrogens with one attached hydrogen (secondary N) is 1. The highest BCUT2D eigenvalue weighted by Gasteiger charge is 2.14. The Balaban J connectivity index is 1.69.